The first-order valence-corrected chi connectivity index (χ1v) is 11.7. The standard InChI is InChI=1S/C23H30N2O2S/c1-18-8-5-6-13-25(18)16-22-11-4-3-10-21(22)15-24-23(26)20-12-7-9-19(14-20)17-28(2)27/h3-4,7,9-12,14,18H,5-6,8,13,15-17H2,1-2H3,(H,24,26)/t18-,28-/m0/s1. The second-order valence-corrected chi connectivity index (χ2v) is 9.12. The third-order valence-electron chi connectivity index (χ3n) is 5.43. The summed E-state index contributed by atoms with van der Waals surface area (Å²) in [6.07, 6.45) is 5.52. The molecular weight excluding hydrogens is 368 g/mol. The normalized spacial score (nSPS) is 18.6. The second-order valence-electron chi connectivity index (χ2n) is 7.68. The Hall–Kier alpha value is -1.98. The molecule has 0 spiro atoms. The van der Waals surface area contributed by atoms with E-state index < -0.39 is 10.8 Å². The van der Waals surface area contributed by atoms with Crippen LogP contribution in [0.5, 0.6) is 0 Å². The zero-order valence-corrected chi connectivity index (χ0v) is 17.6. The molecule has 0 radical (unpaired) electrons. The van der Waals surface area contributed by atoms with E-state index in [1.165, 1.54) is 30.4 Å². The minimum atomic E-state index is -0.918. The van der Waals surface area contributed by atoms with Gasteiger partial charge in [0.25, 0.3) is 5.91 Å². The van der Waals surface area contributed by atoms with Crippen molar-refractivity contribution in [2.24, 2.45) is 0 Å². The molecule has 0 aliphatic carbocycles. The summed E-state index contributed by atoms with van der Waals surface area (Å²) in [6, 6.07) is 16.4. The first kappa shape index (κ1) is 20.7. The van der Waals surface area contributed by atoms with Gasteiger partial charge in [-0.1, -0.05) is 42.8 Å². The Balaban J connectivity index is 1.64. The van der Waals surface area contributed by atoms with Gasteiger partial charge < -0.3 is 5.32 Å². The highest BCUT2D eigenvalue weighted by Gasteiger charge is 2.19. The highest BCUT2D eigenvalue weighted by molar-refractivity contribution is 7.83. The number of rotatable bonds is 7. The third kappa shape index (κ3) is 5.76. The summed E-state index contributed by atoms with van der Waals surface area (Å²) in [5.74, 6) is 0.378. The number of carbonyl (C=O) groups is 1. The van der Waals surface area contributed by atoms with Crippen LogP contribution in [-0.2, 0) is 29.6 Å². The molecule has 1 aliphatic heterocycles. The molecule has 1 amide bonds. The molecule has 2 aromatic rings. The molecule has 5 heteroatoms. The Morgan fingerprint density at radius 3 is 2.68 bits per heavy atom. The molecule has 1 aliphatic rings. The van der Waals surface area contributed by atoms with E-state index in [1.807, 2.05) is 24.3 Å². The lowest BCUT2D eigenvalue weighted by atomic mass is 10.0. The van der Waals surface area contributed by atoms with Crippen molar-refractivity contribution in [2.75, 3.05) is 12.8 Å². The molecule has 1 N–H and O–H groups in total. The molecule has 1 saturated heterocycles. The van der Waals surface area contributed by atoms with Crippen LogP contribution in [0, 0.1) is 0 Å². The van der Waals surface area contributed by atoms with E-state index in [0.717, 1.165) is 18.7 Å². The van der Waals surface area contributed by atoms with E-state index >= 15 is 0 Å². The Bertz CT molecular complexity index is 837. The summed E-state index contributed by atoms with van der Waals surface area (Å²) in [5.41, 5.74) is 3.99. The molecular formula is C23H30N2O2S. The quantitative estimate of drug-likeness (QED) is 0.770. The fourth-order valence-corrected chi connectivity index (χ4v) is 4.46. The van der Waals surface area contributed by atoms with Crippen LogP contribution in [0.15, 0.2) is 48.5 Å². The van der Waals surface area contributed by atoms with E-state index in [-0.39, 0.29) is 5.91 Å². The van der Waals surface area contributed by atoms with Gasteiger partial charge in [-0.05, 0) is 55.1 Å². The number of hydrogen-bond donors (Lipinski definition) is 1. The van der Waals surface area contributed by atoms with Crippen LogP contribution < -0.4 is 5.32 Å². The molecule has 3 rings (SSSR count). The van der Waals surface area contributed by atoms with Crippen LogP contribution in [0.4, 0.5) is 0 Å². The number of nitrogens with one attached hydrogen (secondary N) is 1. The minimum absolute atomic E-state index is 0.0927. The lowest BCUT2D eigenvalue weighted by Gasteiger charge is -2.33. The zero-order valence-electron chi connectivity index (χ0n) is 16.8. The van der Waals surface area contributed by atoms with E-state index in [1.54, 1.807) is 12.3 Å². The number of hydrogen-bond acceptors (Lipinski definition) is 3. The third-order valence-corrected chi connectivity index (χ3v) is 6.17. The van der Waals surface area contributed by atoms with E-state index in [9.17, 15) is 9.00 Å². The van der Waals surface area contributed by atoms with Gasteiger partial charge in [0.15, 0.2) is 0 Å². The summed E-state index contributed by atoms with van der Waals surface area (Å²) in [7, 11) is -0.918. The van der Waals surface area contributed by atoms with Crippen LogP contribution in [0.25, 0.3) is 0 Å². The maximum absolute atomic E-state index is 12.6. The predicted octanol–water partition coefficient (Wildman–Crippen LogP) is 3.87. The second kappa shape index (κ2) is 9.99. The highest BCUT2D eigenvalue weighted by atomic mass is 32.2. The molecule has 0 aromatic heterocycles. The maximum Gasteiger partial charge on any atom is 0.251 e. The van der Waals surface area contributed by atoms with Crippen molar-refractivity contribution in [2.45, 2.75) is 51.1 Å². The largest absolute Gasteiger partial charge is 0.348 e. The van der Waals surface area contributed by atoms with Crippen LogP contribution in [-0.4, -0.2) is 33.9 Å². The maximum atomic E-state index is 12.6. The number of amides is 1. The molecule has 0 unspecified atom stereocenters. The molecule has 2 atom stereocenters. The Kier molecular flexibility index (Phi) is 7.40. The van der Waals surface area contributed by atoms with Crippen LogP contribution in [0.1, 0.15) is 53.2 Å². The van der Waals surface area contributed by atoms with Gasteiger partial charge in [0, 0.05) is 47.5 Å². The minimum Gasteiger partial charge on any atom is -0.348 e. The summed E-state index contributed by atoms with van der Waals surface area (Å²) >= 11 is 0. The monoisotopic (exact) mass is 398 g/mol. The molecule has 2 aromatic carbocycles. The zero-order chi connectivity index (χ0) is 19.9. The molecule has 4 nitrogen and oxygen atoms in total. The van der Waals surface area contributed by atoms with Crippen LogP contribution >= 0.6 is 0 Å². The number of benzene rings is 2. The van der Waals surface area contributed by atoms with Crippen molar-refractivity contribution >= 4 is 16.7 Å². The van der Waals surface area contributed by atoms with Gasteiger partial charge in [-0.2, -0.15) is 0 Å². The molecule has 28 heavy (non-hydrogen) atoms. The first-order chi connectivity index (χ1) is 13.5. The summed E-state index contributed by atoms with van der Waals surface area (Å²) in [5, 5.41) is 3.05. The van der Waals surface area contributed by atoms with Gasteiger partial charge in [-0.3, -0.25) is 13.9 Å². The molecule has 0 saturated carbocycles. The number of piperidine rings is 1. The molecule has 1 heterocycles. The predicted molar refractivity (Wildman–Crippen MR) is 116 cm³/mol. The smallest absolute Gasteiger partial charge is 0.251 e. The molecule has 150 valence electrons. The van der Waals surface area contributed by atoms with E-state index in [4.69, 9.17) is 0 Å². The van der Waals surface area contributed by atoms with Gasteiger partial charge >= 0.3 is 0 Å². The number of likely N-dealkylation sites (tertiary alicyclic amines) is 1. The summed E-state index contributed by atoms with van der Waals surface area (Å²) in [6.45, 7) is 4.90. The highest BCUT2D eigenvalue weighted by Crippen LogP contribution is 2.21. The SMILES string of the molecule is C[C@H]1CCCCN1Cc1ccccc1CNC(=O)c1cccc(C[S@](C)=O)c1. The van der Waals surface area contributed by atoms with E-state index in [0.29, 0.717) is 23.9 Å². The van der Waals surface area contributed by atoms with E-state index in [2.05, 4.69) is 35.3 Å². The lowest BCUT2D eigenvalue weighted by molar-refractivity contribution is 0.0950. The topological polar surface area (TPSA) is 49.4 Å². The van der Waals surface area contributed by atoms with Crippen molar-refractivity contribution in [3.63, 3.8) is 0 Å². The lowest BCUT2D eigenvalue weighted by Crippen LogP contribution is -2.37. The van der Waals surface area contributed by atoms with Crippen molar-refractivity contribution < 1.29 is 9.00 Å². The summed E-state index contributed by atoms with van der Waals surface area (Å²) < 4.78 is 11.4. The van der Waals surface area contributed by atoms with Gasteiger partial charge in [-0.25, -0.2) is 0 Å². The van der Waals surface area contributed by atoms with Crippen LogP contribution in [0.2, 0.25) is 0 Å². The average molecular weight is 399 g/mol. The Labute approximate surface area is 170 Å². The Morgan fingerprint density at radius 2 is 1.93 bits per heavy atom. The van der Waals surface area contributed by atoms with Crippen molar-refractivity contribution in [1.82, 2.24) is 10.2 Å². The Morgan fingerprint density at radius 1 is 1.14 bits per heavy atom. The fourth-order valence-electron chi connectivity index (χ4n) is 3.81. The van der Waals surface area contributed by atoms with Gasteiger partial charge in [0.1, 0.15) is 0 Å². The van der Waals surface area contributed by atoms with Gasteiger partial charge in [0.2, 0.25) is 0 Å². The fraction of sp³-hybridized carbons (Fsp3) is 0.435. The molecule has 0 bridgehead atoms. The van der Waals surface area contributed by atoms with Crippen LogP contribution in [0.3, 0.4) is 0 Å². The number of nitrogens with zero attached hydrogens (tertiary/aromatic N) is 1. The van der Waals surface area contributed by atoms with Crippen molar-refractivity contribution in [1.29, 1.82) is 0 Å². The average Bonchev–Trinajstić information content (AvgIpc) is 2.68. The number of carbonyl (C=O) groups excluding carboxylic acids is 1. The first-order valence-electron chi connectivity index (χ1n) is 10.0. The van der Waals surface area contributed by atoms with Crippen molar-refractivity contribution in [3.8, 4) is 0 Å². The van der Waals surface area contributed by atoms with Crippen molar-refractivity contribution in [3.05, 3.63) is 70.8 Å². The van der Waals surface area contributed by atoms with Gasteiger partial charge in [0.05, 0.1) is 0 Å². The van der Waals surface area contributed by atoms with Gasteiger partial charge in [-0.15, -0.1) is 0 Å². The summed E-state index contributed by atoms with van der Waals surface area (Å²) in [4.78, 5) is 15.2. The molecule has 1 fully saturated rings.